The molecule has 20 heavy (non-hydrogen) atoms. The molecule has 5 nitrogen and oxygen atoms in total. The molecule has 1 amide bonds. The highest BCUT2D eigenvalue weighted by atomic mass is 16.3. The zero-order chi connectivity index (χ0) is 13.9. The first-order chi connectivity index (χ1) is 9.77. The van der Waals surface area contributed by atoms with Gasteiger partial charge in [-0.05, 0) is 38.3 Å². The van der Waals surface area contributed by atoms with E-state index in [4.69, 9.17) is 4.42 Å². The van der Waals surface area contributed by atoms with E-state index < -0.39 is 0 Å². The van der Waals surface area contributed by atoms with Crippen LogP contribution in [-0.4, -0.2) is 27.3 Å². The first-order valence-corrected chi connectivity index (χ1v) is 6.89. The van der Waals surface area contributed by atoms with Crippen LogP contribution < -0.4 is 0 Å². The van der Waals surface area contributed by atoms with Crippen molar-refractivity contribution in [3.8, 4) is 0 Å². The predicted octanol–water partition coefficient (Wildman–Crippen LogP) is 2.75. The molecule has 1 unspecified atom stereocenters. The normalized spacial score (nSPS) is 19.1. The van der Waals surface area contributed by atoms with Crippen LogP contribution in [0.1, 0.15) is 47.2 Å². The van der Waals surface area contributed by atoms with E-state index in [0.717, 1.165) is 31.5 Å². The summed E-state index contributed by atoms with van der Waals surface area (Å²) in [4.78, 5) is 23.0. The lowest BCUT2D eigenvalue weighted by molar-refractivity contribution is 0.0599. The first-order valence-electron chi connectivity index (χ1n) is 6.89. The molecular formula is C15H17N3O2. The summed E-state index contributed by atoms with van der Waals surface area (Å²) in [5, 5.41) is 0. The third-order valence-corrected chi connectivity index (χ3v) is 3.74. The van der Waals surface area contributed by atoms with Gasteiger partial charge in [0, 0.05) is 12.7 Å². The van der Waals surface area contributed by atoms with Crippen molar-refractivity contribution in [1.29, 1.82) is 0 Å². The highest BCUT2D eigenvalue weighted by Crippen LogP contribution is 2.31. The molecular weight excluding hydrogens is 254 g/mol. The van der Waals surface area contributed by atoms with Gasteiger partial charge in [0.2, 0.25) is 0 Å². The van der Waals surface area contributed by atoms with Crippen LogP contribution in [0.3, 0.4) is 0 Å². The molecule has 3 heterocycles. The maximum absolute atomic E-state index is 12.6. The second kappa shape index (κ2) is 5.45. The number of hydrogen-bond acceptors (Lipinski definition) is 4. The molecule has 1 saturated heterocycles. The molecule has 2 aromatic heterocycles. The van der Waals surface area contributed by atoms with Crippen LogP contribution in [0, 0.1) is 6.92 Å². The van der Waals surface area contributed by atoms with Crippen LogP contribution in [0.5, 0.6) is 0 Å². The Hall–Kier alpha value is -2.17. The Balaban J connectivity index is 1.90. The summed E-state index contributed by atoms with van der Waals surface area (Å²) < 4.78 is 5.14. The van der Waals surface area contributed by atoms with Crippen LogP contribution in [0.2, 0.25) is 0 Å². The van der Waals surface area contributed by atoms with Gasteiger partial charge in [-0.25, -0.2) is 4.98 Å². The van der Waals surface area contributed by atoms with Crippen molar-refractivity contribution in [2.75, 3.05) is 6.54 Å². The Labute approximate surface area is 117 Å². The predicted molar refractivity (Wildman–Crippen MR) is 73.1 cm³/mol. The van der Waals surface area contributed by atoms with E-state index in [1.165, 1.54) is 6.39 Å². The number of aryl methyl sites for hydroxylation is 1. The Morgan fingerprint density at radius 1 is 1.35 bits per heavy atom. The van der Waals surface area contributed by atoms with Crippen LogP contribution in [0.4, 0.5) is 0 Å². The van der Waals surface area contributed by atoms with Crippen molar-refractivity contribution in [3.05, 3.63) is 47.9 Å². The number of carbonyl (C=O) groups is 1. The van der Waals surface area contributed by atoms with Gasteiger partial charge < -0.3 is 9.32 Å². The number of carbonyl (C=O) groups excluding carboxylic acids is 1. The molecule has 104 valence electrons. The van der Waals surface area contributed by atoms with Crippen LogP contribution >= 0.6 is 0 Å². The third kappa shape index (κ3) is 2.31. The largest absolute Gasteiger partial charge is 0.448 e. The quantitative estimate of drug-likeness (QED) is 0.842. The van der Waals surface area contributed by atoms with Crippen molar-refractivity contribution in [2.24, 2.45) is 0 Å². The molecule has 0 bridgehead atoms. The Kier molecular flexibility index (Phi) is 3.50. The molecule has 0 radical (unpaired) electrons. The Bertz CT molecular complexity index is 594. The van der Waals surface area contributed by atoms with Crippen LogP contribution in [-0.2, 0) is 0 Å². The second-order valence-electron chi connectivity index (χ2n) is 5.02. The van der Waals surface area contributed by atoms with Crippen molar-refractivity contribution >= 4 is 5.91 Å². The summed E-state index contributed by atoms with van der Waals surface area (Å²) >= 11 is 0. The van der Waals surface area contributed by atoms with E-state index >= 15 is 0 Å². The van der Waals surface area contributed by atoms with Crippen molar-refractivity contribution in [2.45, 2.75) is 32.2 Å². The maximum atomic E-state index is 12.6. The topological polar surface area (TPSA) is 59.2 Å². The van der Waals surface area contributed by atoms with E-state index in [2.05, 4.69) is 9.97 Å². The van der Waals surface area contributed by atoms with Gasteiger partial charge in [-0.2, -0.15) is 0 Å². The highest BCUT2D eigenvalue weighted by Gasteiger charge is 2.31. The van der Waals surface area contributed by atoms with E-state index in [-0.39, 0.29) is 11.9 Å². The van der Waals surface area contributed by atoms with Crippen molar-refractivity contribution in [3.63, 3.8) is 0 Å². The lowest BCUT2D eigenvalue weighted by Crippen LogP contribution is -2.39. The summed E-state index contributed by atoms with van der Waals surface area (Å²) in [5.74, 6) is 0.506. The maximum Gasteiger partial charge on any atom is 0.276 e. The minimum absolute atomic E-state index is 0.0357. The minimum atomic E-state index is -0.0633. The molecule has 0 spiro atoms. The Morgan fingerprint density at radius 2 is 2.25 bits per heavy atom. The zero-order valence-corrected chi connectivity index (χ0v) is 11.5. The van der Waals surface area contributed by atoms with Gasteiger partial charge in [-0.3, -0.25) is 9.78 Å². The molecule has 0 saturated carbocycles. The number of piperidine rings is 1. The summed E-state index contributed by atoms with van der Waals surface area (Å²) in [5.41, 5.74) is 1.36. The van der Waals surface area contributed by atoms with Gasteiger partial charge in [0.05, 0.1) is 11.7 Å². The molecule has 0 aliphatic carbocycles. The number of aromatic nitrogens is 2. The summed E-state index contributed by atoms with van der Waals surface area (Å²) in [6.07, 6.45) is 6.17. The fourth-order valence-electron chi connectivity index (χ4n) is 2.70. The average molecular weight is 271 g/mol. The summed E-state index contributed by atoms with van der Waals surface area (Å²) in [6, 6.07) is 5.86. The number of hydrogen-bond donors (Lipinski definition) is 0. The van der Waals surface area contributed by atoms with Gasteiger partial charge in [0.15, 0.2) is 12.1 Å². The number of amides is 1. The third-order valence-electron chi connectivity index (χ3n) is 3.74. The Morgan fingerprint density at radius 3 is 2.95 bits per heavy atom. The molecule has 3 rings (SSSR count). The van der Waals surface area contributed by atoms with E-state index in [0.29, 0.717) is 11.5 Å². The molecule has 1 aliphatic heterocycles. The van der Waals surface area contributed by atoms with E-state index in [9.17, 15) is 4.79 Å². The van der Waals surface area contributed by atoms with Crippen molar-refractivity contribution < 1.29 is 9.21 Å². The molecule has 5 heteroatoms. The van der Waals surface area contributed by atoms with Gasteiger partial charge in [-0.1, -0.05) is 6.07 Å². The van der Waals surface area contributed by atoms with Gasteiger partial charge in [0.25, 0.3) is 5.91 Å². The monoisotopic (exact) mass is 271 g/mol. The van der Waals surface area contributed by atoms with Crippen molar-refractivity contribution in [1.82, 2.24) is 14.9 Å². The number of oxazole rings is 1. The van der Waals surface area contributed by atoms with E-state index in [1.807, 2.05) is 23.1 Å². The first kappa shape index (κ1) is 12.8. The minimum Gasteiger partial charge on any atom is -0.448 e. The highest BCUT2D eigenvalue weighted by molar-refractivity contribution is 5.93. The molecule has 2 aromatic rings. The summed E-state index contributed by atoms with van der Waals surface area (Å²) in [7, 11) is 0. The number of rotatable bonds is 2. The van der Waals surface area contributed by atoms with Crippen LogP contribution in [0.25, 0.3) is 0 Å². The smallest absolute Gasteiger partial charge is 0.276 e. The average Bonchev–Trinajstić information content (AvgIpc) is 2.93. The molecule has 1 aliphatic rings. The second-order valence-corrected chi connectivity index (χ2v) is 5.02. The molecule has 0 aromatic carbocycles. The standard InChI is InChI=1S/C15H17N3O2/c1-11-14(17-10-20-11)15(19)18-9-5-3-7-13(18)12-6-2-4-8-16-12/h2,4,6,8,10,13H,3,5,7,9H2,1H3. The van der Waals surface area contributed by atoms with Gasteiger partial charge in [0.1, 0.15) is 5.76 Å². The van der Waals surface area contributed by atoms with Gasteiger partial charge >= 0.3 is 0 Å². The summed E-state index contributed by atoms with van der Waals surface area (Å²) in [6.45, 7) is 2.51. The SMILES string of the molecule is Cc1ocnc1C(=O)N1CCCCC1c1ccccn1. The number of nitrogens with zero attached hydrogens (tertiary/aromatic N) is 3. The van der Waals surface area contributed by atoms with E-state index in [1.54, 1.807) is 13.1 Å². The fourth-order valence-corrected chi connectivity index (χ4v) is 2.70. The molecule has 1 atom stereocenters. The van der Waals surface area contributed by atoms with Gasteiger partial charge in [-0.15, -0.1) is 0 Å². The number of likely N-dealkylation sites (tertiary alicyclic amines) is 1. The molecule has 0 N–H and O–H groups in total. The fraction of sp³-hybridized carbons (Fsp3) is 0.400. The number of pyridine rings is 1. The lowest BCUT2D eigenvalue weighted by Gasteiger charge is -2.35. The zero-order valence-electron chi connectivity index (χ0n) is 11.5. The van der Waals surface area contributed by atoms with Crippen LogP contribution in [0.15, 0.2) is 35.2 Å². The molecule has 1 fully saturated rings. The lowest BCUT2D eigenvalue weighted by atomic mass is 9.98.